The highest BCUT2D eigenvalue weighted by atomic mass is 32.1. The summed E-state index contributed by atoms with van der Waals surface area (Å²) in [4.78, 5) is 25.8. The van der Waals surface area contributed by atoms with E-state index >= 15 is 0 Å². The number of hydrogen-bond acceptors (Lipinski definition) is 7. The minimum atomic E-state index is -0.711. The topological polar surface area (TPSA) is 110 Å². The maximum Gasteiger partial charge on any atom is 0.433 e. The molecule has 0 aliphatic carbocycles. The molecule has 0 atom stereocenters. The van der Waals surface area contributed by atoms with Crippen LogP contribution in [-0.4, -0.2) is 15.8 Å². The minimum Gasteiger partial charge on any atom is -0.395 e. The third-order valence-electron chi connectivity index (χ3n) is 2.57. The Morgan fingerprint density at radius 3 is 2.81 bits per heavy atom. The molecule has 0 fully saturated rings. The highest BCUT2D eigenvalue weighted by molar-refractivity contribution is 7.22. The largest absolute Gasteiger partial charge is 0.433 e. The van der Waals surface area contributed by atoms with Gasteiger partial charge in [-0.2, -0.15) is 0 Å². The number of hydrazine groups is 1. The van der Waals surface area contributed by atoms with Crippen LogP contribution in [0, 0.1) is 10.1 Å². The van der Waals surface area contributed by atoms with Crippen LogP contribution in [0.1, 0.15) is 10.6 Å². The van der Waals surface area contributed by atoms with Gasteiger partial charge in [0.1, 0.15) is 4.92 Å². The quantitative estimate of drug-likeness (QED) is 0.566. The van der Waals surface area contributed by atoms with Gasteiger partial charge in [0, 0.05) is 0 Å². The van der Waals surface area contributed by atoms with Gasteiger partial charge in [-0.15, -0.1) is 0 Å². The van der Waals surface area contributed by atoms with Gasteiger partial charge in [-0.25, -0.2) is 4.98 Å². The summed E-state index contributed by atoms with van der Waals surface area (Å²) in [7, 11) is 0. The molecule has 9 heteroatoms. The Bertz CT molecular complexity index is 792. The van der Waals surface area contributed by atoms with E-state index in [-0.39, 0.29) is 5.76 Å². The minimum absolute atomic E-state index is 0.157. The molecule has 0 unspecified atom stereocenters. The molecule has 2 N–H and O–H groups in total. The van der Waals surface area contributed by atoms with Crippen LogP contribution in [0.4, 0.5) is 11.0 Å². The fourth-order valence-corrected chi connectivity index (χ4v) is 2.46. The van der Waals surface area contributed by atoms with Crippen molar-refractivity contribution in [2.24, 2.45) is 0 Å². The molecule has 1 amide bonds. The number of nitro groups is 1. The number of hydrogen-bond donors (Lipinski definition) is 2. The van der Waals surface area contributed by atoms with Gasteiger partial charge in [0.25, 0.3) is 0 Å². The first-order valence-electron chi connectivity index (χ1n) is 5.79. The van der Waals surface area contributed by atoms with E-state index < -0.39 is 16.7 Å². The Kier molecular flexibility index (Phi) is 3.24. The van der Waals surface area contributed by atoms with Crippen LogP contribution in [0.25, 0.3) is 10.2 Å². The van der Waals surface area contributed by atoms with Crippen LogP contribution in [0.5, 0.6) is 0 Å². The Morgan fingerprint density at radius 1 is 1.29 bits per heavy atom. The molecule has 0 saturated carbocycles. The van der Waals surface area contributed by atoms with E-state index in [9.17, 15) is 14.9 Å². The lowest BCUT2D eigenvalue weighted by atomic mass is 10.3. The number of rotatable bonds is 4. The molecule has 2 aromatic heterocycles. The van der Waals surface area contributed by atoms with Gasteiger partial charge in [0.15, 0.2) is 0 Å². The van der Waals surface area contributed by atoms with Crippen LogP contribution >= 0.6 is 11.3 Å². The van der Waals surface area contributed by atoms with Gasteiger partial charge in [-0.3, -0.25) is 25.8 Å². The van der Waals surface area contributed by atoms with Crippen molar-refractivity contribution in [1.29, 1.82) is 0 Å². The summed E-state index contributed by atoms with van der Waals surface area (Å²) in [6.45, 7) is 0. The second-order valence-corrected chi connectivity index (χ2v) is 4.99. The van der Waals surface area contributed by atoms with Gasteiger partial charge in [-0.05, 0) is 18.2 Å². The number of carbonyl (C=O) groups is 1. The van der Waals surface area contributed by atoms with Gasteiger partial charge in [0.05, 0.1) is 16.3 Å². The summed E-state index contributed by atoms with van der Waals surface area (Å²) >= 11 is 1.37. The number of nitrogens with zero attached hydrogens (tertiary/aromatic N) is 2. The average molecular weight is 304 g/mol. The standard InChI is InChI=1S/C12H8N4O4S/c17-11(8-5-6-10(20-8)16(18)19)14-15-12-13-7-3-1-2-4-9(7)21-12/h1-6H,(H,13,15)(H,14,17). The number of amides is 1. The van der Waals surface area contributed by atoms with E-state index in [0.29, 0.717) is 5.13 Å². The first-order valence-corrected chi connectivity index (χ1v) is 6.61. The summed E-state index contributed by atoms with van der Waals surface area (Å²) in [5.74, 6) is -1.27. The molecular formula is C12H8N4O4S. The van der Waals surface area contributed by atoms with Crippen LogP contribution in [-0.2, 0) is 0 Å². The van der Waals surface area contributed by atoms with Crippen molar-refractivity contribution in [2.75, 3.05) is 5.43 Å². The summed E-state index contributed by atoms with van der Waals surface area (Å²) in [6, 6.07) is 9.88. The molecule has 0 aliphatic rings. The Balaban J connectivity index is 1.68. The highest BCUT2D eigenvalue weighted by Crippen LogP contribution is 2.24. The average Bonchev–Trinajstić information content (AvgIpc) is 3.11. The van der Waals surface area contributed by atoms with Crippen LogP contribution in [0.2, 0.25) is 0 Å². The van der Waals surface area contributed by atoms with Gasteiger partial charge < -0.3 is 4.42 Å². The lowest BCUT2D eigenvalue weighted by Gasteiger charge is -2.02. The smallest absolute Gasteiger partial charge is 0.395 e. The third-order valence-corrected chi connectivity index (χ3v) is 3.52. The lowest BCUT2D eigenvalue weighted by Crippen LogP contribution is -2.28. The fraction of sp³-hybridized carbons (Fsp3) is 0. The maximum atomic E-state index is 11.8. The SMILES string of the molecule is O=C(NNc1nc2ccccc2s1)c1ccc([N+](=O)[O-])o1. The second kappa shape index (κ2) is 5.21. The first kappa shape index (κ1) is 13.1. The molecule has 0 saturated heterocycles. The molecule has 0 aliphatic heterocycles. The van der Waals surface area contributed by atoms with Crippen LogP contribution < -0.4 is 10.9 Å². The van der Waals surface area contributed by atoms with Gasteiger partial charge in [0.2, 0.25) is 10.9 Å². The predicted octanol–water partition coefficient (Wildman–Crippen LogP) is 2.55. The number of para-hydroxylation sites is 1. The van der Waals surface area contributed by atoms with Crippen molar-refractivity contribution in [3.8, 4) is 0 Å². The zero-order chi connectivity index (χ0) is 14.8. The van der Waals surface area contributed by atoms with Gasteiger partial charge >= 0.3 is 11.8 Å². The summed E-state index contributed by atoms with van der Waals surface area (Å²) < 4.78 is 5.76. The molecule has 3 aromatic rings. The molecule has 1 aromatic carbocycles. The number of carbonyl (C=O) groups excluding carboxylic acids is 1. The molecular weight excluding hydrogens is 296 g/mol. The van der Waals surface area contributed by atoms with Crippen molar-refractivity contribution in [1.82, 2.24) is 10.4 Å². The third kappa shape index (κ3) is 2.67. The second-order valence-electron chi connectivity index (χ2n) is 3.96. The number of thiazole rings is 1. The number of anilines is 1. The zero-order valence-electron chi connectivity index (χ0n) is 10.4. The first-order chi connectivity index (χ1) is 10.1. The van der Waals surface area contributed by atoms with Crippen LogP contribution in [0.15, 0.2) is 40.8 Å². The number of nitrogens with one attached hydrogen (secondary N) is 2. The molecule has 0 radical (unpaired) electrons. The number of aromatic nitrogens is 1. The summed E-state index contributed by atoms with van der Waals surface area (Å²) in [5, 5.41) is 11.0. The van der Waals surface area contributed by atoms with Crippen molar-refractivity contribution >= 4 is 38.5 Å². The van der Waals surface area contributed by atoms with E-state index in [0.717, 1.165) is 16.3 Å². The van der Waals surface area contributed by atoms with Crippen molar-refractivity contribution in [2.45, 2.75) is 0 Å². The van der Waals surface area contributed by atoms with Gasteiger partial charge in [-0.1, -0.05) is 23.5 Å². The van der Waals surface area contributed by atoms with E-state index in [2.05, 4.69) is 15.8 Å². The lowest BCUT2D eigenvalue weighted by molar-refractivity contribution is -0.402. The predicted molar refractivity (Wildman–Crippen MR) is 76.1 cm³/mol. The monoisotopic (exact) mass is 304 g/mol. The van der Waals surface area contributed by atoms with Crippen molar-refractivity contribution in [3.63, 3.8) is 0 Å². The van der Waals surface area contributed by atoms with E-state index in [1.165, 1.54) is 17.4 Å². The Hall–Kier alpha value is -2.94. The molecule has 2 heterocycles. The van der Waals surface area contributed by atoms with Crippen LogP contribution in [0.3, 0.4) is 0 Å². The molecule has 21 heavy (non-hydrogen) atoms. The molecule has 8 nitrogen and oxygen atoms in total. The number of benzene rings is 1. The number of fused-ring (bicyclic) bond motifs is 1. The Labute approximate surface area is 121 Å². The molecule has 0 bridgehead atoms. The molecule has 3 rings (SSSR count). The zero-order valence-corrected chi connectivity index (χ0v) is 11.2. The van der Waals surface area contributed by atoms with Crippen molar-refractivity contribution in [3.05, 3.63) is 52.3 Å². The van der Waals surface area contributed by atoms with E-state index in [1.54, 1.807) is 0 Å². The highest BCUT2D eigenvalue weighted by Gasteiger charge is 2.17. The molecule has 0 spiro atoms. The normalized spacial score (nSPS) is 10.5. The summed E-state index contributed by atoms with van der Waals surface area (Å²) in [5.41, 5.74) is 5.83. The Morgan fingerprint density at radius 2 is 2.10 bits per heavy atom. The number of furan rings is 1. The fourth-order valence-electron chi connectivity index (χ4n) is 1.65. The summed E-state index contributed by atoms with van der Waals surface area (Å²) in [6.07, 6.45) is 0. The maximum absolute atomic E-state index is 11.8. The molecule has 106 valence electrons. The van der Waals surface area contributed by atoms with Crippen molar-refractivity contribution < 1.29 is 14.1 Å². The van der Waals surface area contributed by atoms with E-state index in [1.807, 2.05) is 24.3 Å². The van der Waals surface area contributed by atoms with E-state index in [4.69, 9.17) is 4.42 Å².